The highest BCUT2D eigenvalue weighted by Gasteiger charge is 2.08. The molecule has 0 atom stereocenters. The highest BCUT2D eigenvalue weighted by Crippen LogP contribution is 2.22. The van der Waals surface area contributed by atoms with Gasteiger partial charge in [-0.05, 0) is 11.4 Å². The Bertz CT molecular complexity index is 669. The monoisotopic (exact) mass is 305 g/mol. The van der Waals surface area contributed by atoms with E-state index in [4.69, 9.17) is 5.73 Å². The molecule has 0 saturated heterocycles. The average molecular weight is 305 g/mol. The lowest BCUT2D eigenvalue weighted by atomic mass is 10.2. The molecular weight excluding hydrogens is 294 g/mol. The molecule has 6 nitrogen and oxygen atoms in total. The molecule has 3 rings (SSSR count). The van der Waals surface area contributed by atoms with Crippen LogP contribution in [-0.4, -0.2) is 20.1 Å². The van der Waals surface area contributed by atoms with Crippen LogP contribution in [0.4, 0.5) is 5.82 Å². The minimum absolute atomic E-state index is 0.518. The van der Waals surface area contributed by atoms with Crippen molar-refractivity contribution in [3.8, 4) is 0 Å². The van der Waals surface area contributed by atoms with Gasteiger partial charge in [0, 0.05) is 23.1 Å². The van der Waals surface area contributed by atoms with Crippen LogP contribution in [0, 0.1) is 0 Å². The number of nitrogen functional groups attached to an aromatic ring is 1. The second-order valence-electron chi connectivity index (χ2n) is 3.96. The molecule has 0 radical (unpaired) electrons. The summed E-state index contributed by atoms with van der Waals surface area (Å²) in [6.07, 6.45) is 3.84. The van der Waals surface area contributed by atoms with Gasteiger partial charge in [-0.15, -0.1) is 11.3 Å². The molecule has 0 aliphatic heterocycles. The van der Waals surface area contributed by atoms with Gasteiger partial charge in [-0.1, -0.05) is 23.0 Å². The van der Waals surface area contributed by atoms with Crippen LogP contribution in [0.5, 0.6) is 0 Å². The minimum Gasteiger partial charge on any atom is -0.383 e. The molecule has 20 heavy (non-hydrogen) atoms. The van der Waals surface area contributed by atoms with E-state index in [0.717, 1.165) is 12.0 Å². The van der Waals surface area contributed by atoms with Crippen LogP contribution in [0.1, 0.15) is 16.3 Å². The van der Waals surface area contributed by atoms with E-state index in [-0.39, 0.29) is 0 Å². The quantitative estimate of drug-likeness (QED) is 0.571. The summed E-state index contributed by atoms with van der Waals surface area (Å²) in [6, 6.07) is 4.09. The Kier molecular flexibility index (Phi) is 3.93. The molecule has 2 N–H and O–H groups in total. The zero-order valence-electron chi connectivity index (χ0n) is 10.4. The van der Waals surface area contributed by atoms with Crippen molar-refractivity contribution in [1.82, 2.24) is 20.1 Å². The number of rotatable bonds is 5. The highest BCUT2D eigenvalue weighted by molar-refractivity contribution is 7.98. The van der Waals surface area contributed by atoms with Crippen LogP contribution in [0.15, 0.2) is 39.8 Å². The lowest BCUT2D eigenvalue weighted by Crippen LogP contribution is -2.01. The number of nitrogens with two attached hydrogens (primary N) is 1. The maximum Gasteiger partial charge on any atom is 0.213 e. The van der Waals surface area contributed by atoms with E-state index in [1.54, 1.807) is 17.5 Å². The number of aromatic nitrogens is 4. The first-order valence-electron chi connectivity index (χ1n) is 5.83. The third-order valence-electron chi connectivity index (χ3n) is 2.56. The zero-order valence-corrected chi connectivity index (χ0v) is 12.0. The molecule has 3 aromatic heterocycles. The van der Waals surface area contributed by atoms with E-state index in [9.17, 15) is 0 Å². The lowest BCUT2D eigenvalue weighted by Gasteiger charge is -2.04. The molecule has 0 amide bonds. The van der Waals surface area contributed by atoms with Crippen LogP contribution in [0.3, 0.4) is 0 Å². The van der Waals surface area contributed by atoms with Gasteiger partial charge in [0.25, 0.3) is 0 Å². The summed E-state index contributed by atoms with van der Waals surface area (Å²) >= 11 is 3.12. The smallest absolute Gasteiger partial charge is 0.213 e. The number of anilines is 1. The van der Waals surface area contributed by atoms with Gasteiger partial charge < -0.3 is 10.3 Å². The molecule has 3 aromatic rings. The molecule has 0 aliphatic rings. The third kappa shape index (κ3) is 3.14. The molecule has 102 valence electrons. The van der Waals surface area contributed by atoms with Crippen LogP contribution >= 0.6 is 23.1 Å². The Morgan fingerprint density at radius 3 is 3.00 bits per heavy atom. The Balaban J connectivity index is 1.67. The number of hydrogen-bond acceptors (Lipinski definition) is 8. The van der Waals surface area contributed by atoms with E-state index < -0.39 is 0 Å². The summed E-state index contributed by atoms with van der Waals surface area (Å²) in [6.45, 7) is 0. The van der Waals surface area contributed by atoms with E-state index in [2.05, 4.69) is 30.7 Å². The molecule has 0 bridgehead atoms. The van der Waals surface area contributed by atoms with Crippen molar-refractivity contribution >= 4 is 28.9 Å². The van der Waals surface area contributed by atoms with Gasteiger partial charge >= 0.3 is 0 Å². The summed E-state index contributed by atoms with van der Waals surface area (Å²) in [7, 11) is 0. The van der Waals surface area contributed by atoms with E-state index >= 15 is 0 Å². The normalized spacial score (nSPS) is 10.8. The summed E-state index contributed by atoms with van der Waals surface area (Å²) in [5.74, 6) is 1.68. The second kappa shape index (κ2) is 6.02. The highest BCUT2D eigenvalue weighted by atomic mass is 32.2. The summed E-state index contributed by atoms with van der Waals surface area (Å²) in [5, 5.41) is 6.39. The van der Waals surface area contributed by atoms with Gasteiger partial charge in [-0.3, -0.25) is 0 Å². The molecule has 8 heteroatoms. The van der Waals surface area contributed by atoms with Gasteiger partial charge in [0.15, 0.2) is 11.0 Å². The van der Waals surface area contributed by atoms with Crippen molar-refractivity contribution in [3.63, 3.8) is 0 Å². The van der Waals surface area contributed by atoms with Crippen LogP contribution in [-0.2, 0) is 12.2 Å². The van der Waals surface area contributed by atoms with Crippen molar-refractivity contribution in [3.05, 3.63) is 46.4 Å². The summed E-state index contributed by atoms with van der Waals surface area (Å²) in [5.41, 5.74) is 6.92. The molecule has 3 heterocycles. The maximum absolute atomic E-state index is 5.98. The fourth-order valence-corrected chi connectivity index (χ4v) is 3.00. The Morgan fingerprint density at radius 2 is 2.30 bits per heavy atom. The first-order valence-corrected chi connectivity index (χ1v) is 7.69. The SMILES string of the molecule is Nc1nc(SCc2ncon2)ncc1Cc1cccs1. The van der Waals surface area contributed by atoms with Crippen molar-refractivity contribution in [2.75, 3.05) is 5.73 Å². The molecule has 0 aliphatic carbocycles. The van der Waals surface area contributed by atoms with Gasteiger partial charge in [0.05, 0.1) is 5.75 Å². The van der Waals surface area contributed by atoms with Gasteiger partial charge in [-0.2, -0.15) is 4.98 Å². The molecule has 0 unspecified atom stereocenters. The zero-order chi connectivity index (χ0) is 13.8. The van der Waals surface area contributed by atoms with E-state index in [1.165, 1.54) is 23.0 Å². The Labute approximate surface area is 123 Å². The second-order valence-corrected chi connectivity index (χ2v) is 5.93. The standard InChI is InChI=1S/C12H11N5OS2/c13-11-8(4-9-2-1-3-19-9)5-14-12(16-11)20-6-10-15-7-18-17-10/h1-3,5,7H,4,6H2,(H2,13,14,16). The average Bonchev–Trinajstić information content (AvgIpc) is 3.12. The van der Waals surface area contributed by atoms with E-state index in [1.807, 2.05) is 11.4 Å². The van der Waals surface area contributed by atoms with Gasteiger partial charge in [0.2, 0.25) is 6.39 Å². The van der Waals surface area contributed by atoms with Gasteiger partial charge in [0.1, 0.15) is 5.82 Å². The molecular formula is C12H11N5OS2. The van der Waals surface area contributed by atoms with Crippen molar-refractivity contribution < 1.29 is 4.52 Å². The fraction of sp³-hybridized carbons (Fsp3) is 0.167. The number of thiophene rings is 1. The maximum atomic E-state index is 5.98. The lowest BCUT2D eigenvalue weighted by molar-refractivity contribution is 0.412. The molecule has 0 spiro atoms. The largest absolute Gasteiger partial charge is 0.383 e. The summed E-state index contributed by atoms with van der Waals surface area (Å²) in [4.78, 5) is 13.8. The topological polar surface area (TPSA) is 90.7 Å². The number of nitrogens with zero attached hydrogens (tertiary/aromatic N) is 4. The van der Waals surface area contributed by atoms with Crippen LogP contribution in [0.25, 0.3) is 0 Å². The minimum atomic E-state index is 0.518. The summed E-state index contributed by atoms with van der Waals surface area (Å²) < 4.78 is 4.67. The third-order valence-corrected chi connectivity index (χ3v) is 4.29. The number of thioether (sulfide) groups is 1. The Morgan fingerprint density at radius 1 is 1.35 bits per heavy atom. The number of hydrogen-bond donors (Lipinski definition) is 1. The van der Waals surface area contributed by atoms with E-state index in [0.29, 0.717) is 22.6 Å². The van der Waals surface area contributed by atoms with Crippen molar-refractivity contribution in [2.45, 2.75) is 17.3 Å². The predicted octanol–water partition coefficient (Wildman–Crippen LogP) is 2.39. The van der Waals surface area contributed by atoms with Crippen molar-refractivity contribution in [1.29, 1.82) is 0 Å². The first kappa shape index (κ1) is 13.1. The fourth-order valence-electron chi connectivity index (χ4n) is 1.59. The van der Waals surface area contributed by atoms with Crippen molar-refractivity contribution in [2.24, 2.45) is 0 Å². The Hall–Kier alpha value is -1.93. The molecule has 0 saturated carbocycles. The molecule has 0 fully saturated rings. The first-order chi connectivity index (χ1) is 9.81. The molecule has 0 aromatic carbocycles. The van der Waals surface area contributed by atoms with Crippen LogP contribution in [0.2, 0.25) is 0 Å². The van der Waals surface area contributed by atoms with Crippen LogP contribution < -0.4 is 5.73 Å². The van der Waals surface area contributed by atoms with Gasteiger partial charge in [-0.25, -0.2) is 9.97 Å². The predicted molar refractivity (Wildman–Crippen MR) is 77.4 cm³/mol.